The maximum atomic E-state index is 13.1. The van der Waals surface area contributed by atoms with Gasteiger partial charge in [-0.3, -0.25) is 4.79 Å². The Morgan fingerprint density at radius 2 is 1.91 bits per heavy atom. The molecule has 0 spiro atoms. The highest BCUT2D eigenvalue weighted by Crippen LogP contribution is 2.27. The first-order valence-electron chi connectivity index (χ1n) is 10.4. The highest BCUT2D eigenvalue weighted by Gasteiger charge is 2.40. The van der Waals surface area contributed by atoms with Gasteiger partial charge in [0, 0.05) is 30.1 Å². The normalized spacial score (nSPS) is 18.0. The quantitative estimate of drug-likeness (QED) is 0.506. The van der Waals surface area contributed by atoms with Gasteiger partial charge in [-0.25, -0.2) is 13.2 Å². The molecule has 8 nitrogen and oxygen atoms in total. The summed E-state index contributed by atoms with van der Waals surface area (Å²) in [4.78, 5) is 28.1. The SMILES string of the molecule is Cc1ccc(S(=O)(=O)N2CCC[C@H]2C(=O)N[C@@H](Cc2c[nH]c3ccccc23)C(=O)O)cc1. The van der Waals surface area contributed by atoms with E-state index in [-0.39, 0.29) is 17.9 Å². The predicted molar refractivity (Wildman–Crippen MR) is 120 cm³/mol. The highest BCUT2D eigenvalue weighted by molar-refractivity contribution is 7.89. The Hall–Kier alpha value is -3.17. The molecule has 0 radical (unpaired) electrons. The number of fused-ring (bicyclic) bond motifs is 1. The van der Waals surface area contributed by atoms with E-state index in [4.69, 9.17) is 0 Å². The van der Waals surface area contributed by atoms with Gasteiger partial charge in [-0.05, 0) is 43.5 Å². The number of hydrogen-bond donors (Lipinski definition) is 3. The first-order valence-corrected chi connectivity index (χ1v) is 11.9. The average molecular weight is 456 g/mol. The number of carbonyl (C=O) groups is 2. The second-order valence-electron chi connectivity index (χ2n) is 8.05. The number of hydrogen-bond acceptors (Lipinski definition) is 4. The Labute approximate surface area is 186 Å². The lowest BCUT2D eigenvalue weighted by Gasteiger charge is -2.25. The Bertz CT molecular complexity index is 1250. The van der Waals surface area contributed by atoms with E-state index in [0.717, 1.165) is 22.0 Å². The van der Waals surface area contributed by atoms with Crippen molar-refractivity contribution in [2.75, 3.05) is 6.54 Å². The van der Waals surface area contributed by atoms with Gasteiger partial charge in [-0.1, -0.05) is 35.9 Å². The van der Waals surface area contributed by atoms with Crippen LogP contribution in [-0.2, 0) is 26.0 Å². The molecular weight excluding hydrogens is 430 g/mol. The average Bonchev–Trinajstić information content (AvgIpc) is 3.41. The maximum Gasteiger partial charge on any atom is 0.326 e. The van der Waals surface area contributed by atoms with Crippen LogP contribution in [0.25, 0.3) is 10.9 Å². The lowest BCUT2D eigenvalue weighted by molar-refractivity contribution is -0.142. The molecule has 1 saturated heterocycles. The minimum absolute atomic E-state index is 0.0858. The van der Waals surface area contributed by atoms with Crippen molar-refractivity contribution in [3.63, 3.8) is 0 Å². The largest absolute Gasteiger partial charge is 0.480 e. The fourth-order valence-electron chi connectivity index (χ4n) is 4.12. The number of benzene rings is 2. The lowest BCUT2D eigenvalue weighted by atomic mass is 10.0. The minimum Gasteiger partial charge on any atom is -0.480 e. The molecule has 9 heteroatoms. The molecule has 3 N–H and O–H groups in total. The van der Waals surface area contributed by atoms with E-state index < -0.39 is 34.0 Å². The van der Waals surface area contributed by atoms with Gasteiger partial charge in [0.2, 0.25) is 15.9 Å². The van der Waals surface area contributed by atoms with E-state index in [9.17, 15) is 23.1 Å². The summed E-state index contributed by atoms with van der Waals surface area (Å²) in [5.41, 5.74) is 2.58. The first-order chi connectivity index (χ1) is 15.3. The number of aryl methyl sites for hydroxylation is 1. The number of para-hydroxylation sites is 1. The van der Waals surface area contributed by atoms with Crippen LogP contribution in [0.4, 0.5) is 0 Å². The summed E-state index contributed by atoms with van der Waals surface area (Å²) in [6.07, 6.45) is 2.69. The van der Waals surface area contributed by atoms with Crippen molar-refractivity contribution in [1.82, 2.24) is 14.6 Å². The smallest absolute Gasteiger partial charge is 0.326 e. The standard InChI is InChI=1S/C23H25N3O5S/c1-15-8-10-17(11-9-15)32(30,31)26-12-4-7-21(26)22(27)25-20(23(28)29)13-16-14-24-19-6-3-2-5-18(16)19/h2-3,5-6,8-11,14,20-21,24H,4,7,12-13H2,1H3,(H,25,27)(H,28,29)/t20-,21-/m0/s1. The Kier molecular flexibility index (Phi) is 6.03. The summed E-state index contributed by atoms with van der Waals surface area (Å²) in [6, 6.07) is 11.9. The fourth-order valence-corrected chi connectivity index (χ4v) is 5.78. The van der Waals surface area contributed by atoms with E-state index in [2.05, 4.69) is 10.3 Å². The molecular formula is C23H25N3O5S. The van der Waals surface area contributed by atoms with E-state index in [0.29, 0.717) is 12.8 Å². The Morgan fingerprint density at radius 3 is 2.62 bits per heavy atom. The number of amides is 1. The Balaban J connectivity index is 1.53. The maximum absolute atomic E-state index is 13.1. The van der Waals surface area contributed by atoms with E-state index in [1.54, 1.807) is 18.3 Å². The third-order valence-corrected chi connectivity index (χ3v) is 7.77. The molecule has 3 aromatic rings. The van der Waals surface area contributed by atoms with Crippen molar-refractivity contribution >= 4 is 32.8 Å². The molecule has 2 atom stereocenters. The molecule has 1 fully saturated rings. The molecule has 0 bridgehead atoms. The van der Waals surface area contributed by atoms with Crippen molar-refractivity contribution in [3.8, 4) is 0 Å². The molecule has 2 heterocycles. The number of aliphatic carboxylic acids is 1. The molecule has 0 unspecified atom stereocenters. The van der Waals surface area contributed by atoms with Gasteiger partial charge in [-0.15, -0.1) is 0 Å². The molecule has 2 aromatic carbocycles. The molecule has 0 aliphatic carbocycles. The minimum atomic E-state index is -3.86. The fraction of sp³-hybridized carbons (Fsp3) is 0.304. The van der Waals surface area contributed by atoms with Crippen LogP contribution in [0.2, 0.25) is 0 Å². The van der Waals surface area contributed by atoms with Crippen LogP contribution in [0, 0.1) is 6.92 Å². The van der Waals surface area contributed by atoms with Crippen LogP contribution < -0.4 is 5.32 Å². The molecule has 32 heavy (non-hydrogen) atoms. The lowest BCUT2D eigenvalue weighted by Crippen LogP contribution is -2.51. The van der Waals surface area contributed by atoms with Crippen molar-refractivity contribution in [1.29, 1.82) is 0 Å². The molecule has 1 aliphatic rings. The van der Waals surface area contributed by atoms with Crippen LogP contribution in [0.3, 0.4) is 0 Å². The molecule has 1 aromatic heterocycles. The molecule has 1 amide bonds. The number of nitrogens with zero attached hydrogens (tertiary/aromatic N) is 1. The number of aromatic nitrogens is 1. The molecule has 1 aliphatic heterocycles. The third-order valence-electron chi connectivity index (χ3n) is 5.85. The summed E-state index contributed by atoms with van der Waals surface area (Å²) in [5.74, 6) is -1.76. The summed E-state index contributed by atoms with van der Waals surface area (Å²) in [7, 11) is -3.86. The topological polar surface area (TPSA) is 120 Å². The number of aromatic amines is 1. The van der Waals surface area contributed by atoms with Crippen LogP contribution in [0.15, 0.2) is 59.6 Å². The van der Waals surface area contributed by atoms with Crippen molar-refractivity contribution < 1.29 is 23.1 Å². The monoisotopic (exact) mass is 455 g/mol. The number of carboxylic acids is 1. The van der Waals surface area contributed by atoms with E-state index in [1.807, 2.05) is 31.2 Å². The zero-order valence-corrected chi connectivity index (χ0v) is 18.4. The van der Waals surface area contributed by atoms with Crippen molar-refractivity contribution in [3.05, 3.63) is 65.9 Å². The van der Waals surface area contributed by atoms with Gasteiger partial charge in [0.05, 0.1) is 4.90 Å². The van der Waals surface area contributed by atoms with Gasteiger partial charge >= 0.3 is 5.97 Å². The Morgan fingerprint density at radius 1 is 1.19 bits per heavy atom. The molecule has 4 rings (SSSR count). The van der Waals surface area contributed by atoms with E-state index in [1.165, 1.54) is 16.4 Å². The zero-order chi connectivity index (χ0) is 22.9. The summed E-state index contributed by atoms with van der Waals surface area (Å²) in [6.45, 7) is 2.08. The van der Waals surface area contributed by atoms with Gasteiger partial charge in [0.25, 0.3) is 0 Å². The molecule has 168 valence electrons. The zero-order valence-electron chi connectivity index (χ0n) is 17.6. The number of carboxylic acid groups (broad SMARTS) is 1. The van der Waals surface area contributed by atoms with E-state index >= 15 is 0 Å². The van der Waals surface area contributed by atoms with Gasteiger partial charge < -0.3 is 15.4 Å². The van der Waals surface area contributed by atoms with Crippen LogP contribution in [0.1, 0.15) is 24.0 Å². The number of carbonyl (C=O) groups excluding carboxylic acids is 1. The first kappa shape index (κ1) is 22.0. The van der Waals surface area contributed by atoms with Gasteiger partial charge in [-0.2, -0.15) is 4.31 Å². The number of rotatable bonds is 7. The summed E-state index contributed by atoms with van der Waals surface area (Å²) < 4.78 is 27.4. The second-order valence-corrected chi connectivity index (χ2v) is 9.94. The second kappa shape index (κ2) is 8.76. The van der Waals surface area contributed by atoms with Gasteiger partial charge in [0.1, 0.15) is 12.1 Å². The number of H-pyrrole nitrogens is 1. The van der Waals surface area contributed by atoms with Crippen LogP contribution >= 0.6 is 0 Å². The number of sulfonamides is 1. The van der Waals surface area contributed by atoms with Crippen molar-refractivity contribution in [2.24, 2.45) is 0 Å². The molecule has 0 saturated carbocycles. The van der Waals surface area contributed by atoms with Crippen LogP contribution in [-0.4, -0.2) is 53.3 Å². The third kappa shape index (κ3) is 4.26. The summed E-state index contributed by atoms with van der Waals surface area (Å²) in [5, 5.41) is 13.2. The highest BCUT2D eigenvalue weighted by atomic mass is 32.2. The predicted octanol–water partition coefficient (Wildman–Crippen LogP) is 2.44. The van der Waals surface area contributed by atoms with Gasteiger partial charge in [0.15, 0.2) is 0 Å². The van der Waals surface area contributed by atoms with Crippen LogP contribution in [0.5, 0.6) is 0 Å². The van der Waals surface area contributed by atoms with Crippen molar-refractivity contribution in [2.45, 2.75) is 43.2 Å². The number of nitrogens with one attached hydrogen (secondary N) is 2. The summed E-state index contributed by atoms with van der Waals surface area (Å²) >= 11 is 0.